The number of hydrogen-bond acceptors (Lipinski definition) is 3. The van der Waals surface area contributed by atoms with Crippen molar-refractivity contribution in [3.63, 3.8) is 0 Å². The van der Waals surface area contributed by atoms with Gasteiger partial charge in [-0.1, -0.05) is 13.3 Å². The molecule has 2 saturated heterocycles. The van der Waals surface area contributed by atoms with Gasteiger partial charge in [0.25, 0.3) is 0 Å². The fourth-order valence-electron chi connectivity index (χ4n) is 2.80. The van der Waals surface area contributed by atoms with Crippen LogP contribution in [0, 0.1) is 5.92 Å². The number of carbonyl (C=O) groups is 1. The topological polar surface area (TPSA) is 32.3 Å². The summed E-state index contributed by atoms with van der Waals surface area (Å²) in [7, 11) is 0. The van der Waals surface area contributed by atoms with Crippen LogP contribution in [-0.4, -0.2) is 48.0 Å². The van der Waals surface area contributed by atoms with Crippen LogP contribution in [0.4, 0.5) is 0 Å². The van der Waals surface area contributed by atoms with Gasteiger partial charge in [0.1, 0.15) is 0 Å². The van der Waals surface area contributed by atoms with E-state index in [-0.39, 0.29) is 5.92 Å². The summed E-state index contributed by atoms with van der Waals surface area (Å²) in [6.07, 6.45) is 4.78. The van der Waals surface area contributed by atoms with Crippen molar-refractivity contribution in [2.24, 2.45) is 5.92 Å². The monoisotopic (exact) mass is 256 g/mol. The minimum atomic E-state index is 0.250. The van der Waals surface area contributed by atoms with Gasteiger partial charge in [0, 0.05) is 24.9 Å². The number of likely N-dealkylation sites (tertiary alicyclic amines) is 1. The molecule has 2 unspecified atom stereocenters. The minimum Gasteiger partial charge on any atom is -0.341 e. The van der Waals surface area contributed by atoms with Gasteiger partial charge in [0.15, 0.2) is 0 Å². The molecule has 0 aromatic heterocycles. The van der Waals surface area contributed by atoms with Crippen molar-refractivity contribution < 1.29 is 4.79 Å². The first kappa shape index (κ1) is 13.2. The van der Waals surface area contributed by atoms with Gasteiger partial charge >= 0.3 is 0 Å². The van der Waals surface area contributed by atoms with E-state index in [0.717, 1.165) is 38.4 Å². The molecule has 0 radical (unpaired) electrons. The molecule has 0 aromatic rings. The van der Waals surface area contributed by atoms with E-state index in [2.05, 4.69) is 17.1 Å². The van der Waals surface area contributed by atoms with Crippen molar-refractivity contribution in [3.8, 4) is 0 Å². The molecule has 2 heterocycles. The average Bonchev–Trinajstić information content (AvgIpc) is 2.76. The number of hydrogen-bond donors (Lipinski definition) is 1. The minimum absolute atomic E-state index is 0.250. The Morgan fingerprint density at radius 2 is 2.29 bits per heavy atom. The summed E-state index contributed by atoms with van der Waals surface area (Å²) in [5, 5.41) is 3.96. The van der Waals surface area contributed by atoms with Crippen molar-refractivity contribution in [2.75, 3.05) is 31.9 Å². The molecule has 2 aliphatic rings. The number of rotatable bonds is 3. The Kier molecular flexibility index (Phi) is 5.16. The van der Waals surface area contributed by atoms with Crippen LogP contribution in [0.25, 0.3) is 0 Å². The van der Waals surface area contributed by atoms with E-state index >= 15 is 0 Å². The molecule has 0 aliphatic carbocycles. The molecule has 2 atom stereocenters. The van der Waals surface area contributed by atoms with E-state index in [1.54, 1.807) is 0 Å². The highest BCUT2D eigenvalue weighted by Crippen LogP contribution is 2.23. The molecule has 1 N–H and O–H groups in total. The zero-order chi connectivity index (χ0) is 12.1. The zero-order valence-electron chi connectivity index (χ0n) is 10.8. The number of nitrogens with zero attached hydrogens (tertiary/aromatic N) is 1. The number of thioether (sulfide) groups is 1. The Hall–Kier alpha value is -0.220. The van der Waals surface area contributed by atoms with Gasteiger partial charge in [-0.05, 0) is 31.6 Å². The highest BCUT2D eigenvalue weighted by atomic mass is 32.2. The lowest BCUT2D eigenvalue weighted by molar-refractivity contribution is -0.134. The maximum atomic E-state index is 12.4. The van der Waals surface area contributed by atoms with E-state index < -0.39 is 0 Å². The Morgan fingerprint density at radius 3 is 3.00 bits per heavy atom. The summed E-state index contributed by atoms with van der Waals surface area (Å²) in [5.74, 6) is 1.82. The van der Waals surface area contributed by atoms with Gasteiger partial charge < -0.3 is 10.2 Å². The van der Waals surface area contributed by atoms with Gasteiger partial charge in [0.05, 0.1) is 5.92 Å². The van der Waals surface area contributed by atoms with E-state index in [1.165, 1.54) is 19.3 Å². The van der Waals surface area contributed by atoms with E-state index in [0.29, 0.717) is 11.2 Å². The van der Waals surface area contributed by atoms with Crippen molar-refractivity contribution in [2.45, 2.75) is 37.9 Å². The van der Waals surface area contributed by atoms with E-state index in [1.807, 2.05) is 11.8 Å². The predicted molar refractivity (Wildman–Crippen MR) is 73.3 cm³/mol. The van der Waals surface area contributed by atoms with Crippen molar-refractivity contribution >= 4 is 17.7 Å². The predicted octanol–water partition coefficient (Wildman–Crippen LogP) is 1.73. The quantitative estimate of drug-likeness (QED) is 0.834. The first-order valence-electron chi connectivity index (χ1n) is 6.92. The summed E-state index contributed by atoms with van der Waals surface area (Å²) in [6.45, 7) is 6.07. The van der Waals surface area contributed by atoms with Crippen molar-refractivity contribution in [3.05, 3.63) is 0 Å². The van der Waals surface area contributed by atoms with Gasteiger partial charge in [-0.25, -0.2) is 0 Å². The molecular weight excluding hydrogens is 232 g/mol. The zero-order valence-corrected chi connectivity index (χ0v) is 11.6. The average molecular weight is 256 g/mol. The fraction of sp³-hybridized carbons (Fsp3) is 0.923. The Morgan fingerprint density at radius 1 is 1.41 bits per heavy atom. The normalized spacial score (nSPS) is 30.3. The lowest BCUT2D eigenvalue weighted by atomic mass is 10.1. The van der Waals surface area contributed by atoms with Crippen LogP contribution in [0.3, 0.4) is 0 Å². The molecule has 4 heteroatoms. The second kappa shape index (κ2) is 6.64. The molecule has 0 aromatic carbocycles. The first-order chi connectivity index (χ1) is 8.31. The van der Waals surface area contributed by atoms with Gasteiger partial charge in [-0.15, -0.1) is 0 Å². The highest BCUT2D eigenvalue weighted by molar-refractivity contribution is 7.99. The van der Waals surface area contributed by atoms with Crippen LogP contribution in [0.5, 0.6) is 0 Å². The molecule has 2 fully saturated rings. The maximum Gasteiger partial charge on any atom is 0.227 e. The van der Waals surface area contributed by atoms with Crippen LogP contribution < -0.4 is 5.32 Å². The van der Waals surface area contributed by atoms with E-state index in [4.69, 9.17) is 0 Å². The molecule has 0 spiro atoms. The third-order valence-corrected chi connectivity index (χ3v) is 4.94. The van der Waals surface area contributed by atoms with Crippen LogP contribution in [0.1, 0.15) is 32.6 Å². The molecule has 17 heavy (non-hydrogen) atoms. The number of nitrogens with one attached hydrogen (secondary N) is 1. The smallest absolute Gasteiger partial charge is 0.227 e. The fourth-order valence-corrected chi connectivity index (χ4v) is 3.89. The second-order valence-electron chi connectivity index (χ2n) is 5.05. The van der Waals surface area contributed by atoms with Gasteiger partial charge in [-0.2, -0.15) is 11.8 Å². The third kappa shape index (κ3) is 3.62. The molecule has 2 aliphatic heterocycles. The molecule has 98 valence electrons. The van der Waals surface area contributed by atoms with Gasteiger partial charge in [0.2, 0.25) is 5.91 Å². The van der Waals surface area contributed by atoms with Crippen LogP contribution >= 0.6 is 11.8 Å². The summed E-state index contributed by atoms with van der Waals surface area (Å²) in [6, 6.07) is 0. The largest absolute Gasteiger partial charge is 0.341 e. The highest BCUT2D eigenvalue weighted by Gasteiger charge is 2.29. The molecule has 2 rings (SSSR count). The summed E-state index contributed by atoms with van der Waals surface area (Å²) >= 11 is 2.02. The second-order valence-corrected chi connectivity index (χ2v) is 6.62. The van der Waals surface area contributed by atoms with Gasteiger partial charge in [-0.3, -0.25) is 4.79 Å². The first-order valence-corrected chi connectivity index (χ1v) is 7.97. The summed E-state index contributed by atoms with van der Waals surface area (Å²) in [5.41, 5.74) is 0. The lowest BCUT2D eigenvalue weighted by Crippen LogP contribution is -2.40. The molecule has 1 amide bonds. The molecule has 3 nitrogen and oxygen atoms in total. The summed E-state index contributed by atoms with van der Waals surface area (Å²) < 4.78 is 0. The Balaban J connectivity index is 1.90. The van der Waals surface area contributed by atoms with Crippen LogP contribution in [0.15, 0.2) is 0 Å². The van der Waals surface area contributed by atoms with Crippen LogP contribution in [0.2, 0.25) is 0 Å². The maximum absolute atomic E-state index is 12.4. The lowest BCUT2D eigenvalue weighted by Gasteiger charge is -2.26. The van der Waals surface area contributed by atoms with Crippen molar-refractivity contribution in [1.82, 2.24) is 10.2 Å². The van der Waals surface area contributed by atoms with Crippen LogP contribution in [-0.2, 0) is 4.79 Å². The molecule has 0 bridgehead atoms. The number of amides is 1. The summed E-state index contributed by atoms with van der Waals surface area (Å²) in [4.78, 5) is 14.5. The Bertz CT molecular complexity index is 254. The number of carbonyl (C=O) groups excluding carboxylic acids is 1. The molecular formula is C13H24N2OS. The Labute approximate surface area is 109 Å². The SMILES string of the molecule is CCSC1CCCCN(C(=O)C2CCNC2)C1. The molecule has 0 saturated carbocycles. The van der Waals surface area contributed by atoms with Crippen molar-refractivity contribution in [1.29, 1.82) is 0 Å². The van der Waals surface area contributed by atoms with E-state index in [9.17, 15) is 4.79 Å². The third-order valence-electron chi connectivity index (χ3n) is 3.75. The standard InChI is InChI=1S/C13H24N2OS/c1-2-17-12-5-3-4-8-15(10-12)13(16)11-6-7-14-9-11/h11-12,14H,2-10H2,1H3.